The van der Waals surface area contributed by atoms with Crippen molar-refractivity contribution < 1.29 is 27.1 Å². The predicted octanol–water partition coefficient (Wildman–Crippen LogP) is -0.398. The van der Waals surface area contributed by atoms with Crippen molar-refractivity contribution in [1.29, 1.82) is 0 Å². The van der Waals surface area contributed by atoms with E-state index in [1.54, 1.807) is 0 Å². The molecule has 1 atom stereocenters. The third-order valence-electron chi connectivity index (χ3n) is 0.946. The van der Waals surface area contributed by atoms with Crippen LogP contribution in [0.5, 0.6) is 0 Å². The Labute approximate surface area is 67.4 Å². The number of hydrogen-bond donors (Lipinski definition) is 2. The maximum absolute atomic E-state index is 11.6. The van der Waals surface area contributed by atoms with E-state index < -0.39 is 27.8 Å². The molecule has 0 bridgehead atoms. The van der Waals surface area contributed by atoms with Crippen molar-refractivity contribution in [2.45, 2.75) is 18.7 Å². The van der Waals surface area contributed by atoms with Gasteiger partial charge in [0.2, 0.25) is 0 Å². The number of aliphatic carboxylic acids is 1. The SMILES string of the molecule is CC(NS(=O)(=O)C(F)F)C(=O)O. The molecule has 0 fully saturated rings. The Morgan fingerprint density at radius 2 is 1.92 bits per heavy atom. The number of sulfonamides is 1. The minimum Gasteiger partial charge on any atom is -0.480 e. The van der Waals surface area contributed by atoms with Crippen LogP contribution in [-0.2, 0) is 14.8 Å². The van der Waals surface area contributed by atoms with E-state index in [1.165, 1.54) is 4.72 Å². The first-order valence-electron chi connectivity index (χ1n) is 2.79. The van der Waals surface area contributed by atoms with Gasteiger partial charge in [0.05, 0.1) is 0 Å². The summed E-state index contributed by atoms with van der Waals surface area (Å²) in [5, 5.41) is 8.16. The number of hydrogen-bond acceptors (Lipinski definition) is 3. The summed E-state index contributed by atoms with van der Waals surface area (Å²) in [6, 6.07) is -1.55. The van der Waals surface area contributed by atoms with E-state index in [1.807, 2.05) is 0 Å². The lowest BCUT2D eigenvalue weighted by Crippen LogP contribution is -2.41. The van der Waals surface area contributed by atoms with Crippen LogP contribution in [0.2, 0.25) is 0 Å². The van der Waals surface area contributed by atoms with Crippen molar-refractivity contribution in [2.24, 2.45) is 0 Å². The fourth-order valence-corrected chi connectivity index (χ4v) is 1.04. The highest BCUT2D eigenvalue weighted by Gasteiger charge is 2.27. The quantitative estimate of drug-likeness (QED) is 0.651. The third-order valence-corrected chi connectivity index (χ3v) is 2.10. The molecule has 0 rings (SSSR count). The minimum absolute atomic E-state index is 0.947. The molecule has 0 saturated carbocycles. The van der Waals surface area contributed by atoms with Gasteiger partial charge >= 0.3 is 11.7 Å². The van der Waals surface area contributed by atoms with Gasteiger partial charge in [-0.15, -0.1) is 0 Å². The second kappa shape index (κ2) is 3.76. The molecule has 0 aromatic heterocycles. The maximum Gasteiger partial charge on any atom is 0.350 e. The fourth-order valence-electron chi connectivity index (χ4n) is 0.348. The molecular formula is C4H7F2NO4S. The zero-order chi connectivity index (χ0) is 9.94. The standard InChI is InChI=1S/C4H7F2NO4S/c1-2(3(8)9)7-12(10,11)4(5)6/h2,4,7H,1H3,(H,8,9). The summed E-state index contributed by atoms with van der Waals surface area (Å²) in [4.78, 5) is 10.0. The third kappa shape index (κ3) is 3.09. The Bertz CT molecular complexity index is 262. The van der Waals surface area contributed by atoms with E-state index in [9.17, 15) is 22.0 Å². The monoisotopic (exact) mass is 203 g/mol. The van der Waals surface area contributed by atoms with Crippen LogP contribution in [0.1, 0.15) is 6.92 Å². The first-order valence-corrected chi connectivity index (χ1v) is 4.34. The average molecular weight is 203 g/mol. The zero-order valence-corrected chi connectivity index (χ0v) is 6.81. The number of halogens is 2. The van der Waals surface area contributed by atoms with Gasteiger partial charge in [-0.2, -0.15) is 13.5 Å². The van der Waals surface area contributed by atoms with Gasteiger partial charge in [-0.3, -0.25) is 4.79 Å². The Morgan fingerprint density at radius 3 is 2.17 bits per heavy atom. The molecule has 0 aliphatic carbocycles. The molecule has 12 heavy (non-hydrogen) atoms. The molecule has 0 radical (unpaired) electrons. The van der Waals surface area contributed by atoms with Crippen LogP contribution in [0.25, 0.3) is 0 Å². The van der Waals surface area contributed by atoms with Gasteiger partial charge in [0.1, 0.15) is 6.04 Å². The van der Waals surface area contributed by atoms with Crippen molar-refractivity contribution >= 4 is 16.0 Å². The van der Waals surface area contributed by atoms with Gasteiger partial charge in [0.25, 0.3) is 10.0 Å². The topological polar surface area (TPSA) is 83.5 Å². The number of nitrogens with one attached hydrogen (secondary N) is 1. The van der Waals surface area contributed by atoms with Crippen LogP contribution in [0.15, 0.2) is 0 Å². The van der Waals surface area contributed by atoms with Crippen LogP contribution in [0.3, 0.4) is 0 Å². The van der Waals surface area contributed by atoms with Crippen LogP contribution in [-0.4, -0.2) is 31.3 Å². The molecule has 0 aliphatic rings. The van der Waals surface area contributed by atoms with Crippen molar-refractivity contribution in [3.8, 4) is 0 Å². The second-order valence-corrected chi connectivity index (χ2v) is 3.67. The highest BCUT2D eigenvalue weighted by Crippen LogP contribution is 2.02. The molecule has 0 aromatic rings. The van der Waals surface area contributed by atoms with Crippen molar-refractivity contribution in [3.63, 3.8) is 0 Å². The first-order chi connectivity index (χ1) is 5.27. The van der Waals surface area contributed by atoms with E-state index in [0.29, 0.717) is 0 Å². The van der Waals surface area contributed by atoms with Crippen LogP contribution in [0, 0.1) is 0 Å². The average Bonchev–Trinajstić information content (AvgIpc) is 1.85. The Morgan fingerprint density at radius 1 is 1.50 bits per heavy atom. The number of carboxylic acid groups (broad SMARTS) is 1. The maximum atomic E-state index is 11.6. The Hall–Kier alpha value is -0.760. The highest BCUT2D eigenvalue weighted by molar-refractivity contribution is 7.89. The smallest absolute Gasteiger partial charge is 0.350 e. The highest BCUT2D eigenvalue weighted by atomic mass is 32.2. The van der Waals surface area contributed by atoms with Crippen molar-refractivity contribution in [2.75, 3.05) is 0 Å². The number of alkyl halides is 2. The van der Waals surface area contributed by atoms with Crippen LogP contribution >= 0.6 is 0 Å². The predicted molar refractivity (Wildman–Crippen MR) is 35.2 cm³/mol. The number of carbonyl (C=O) groups is 1. The summed E-state index contributed by atoms with van der Waals surface area (Å²) in [7, 11) is -4.81. The summed E-state index contributed by atoms with van der Waals surface area (Å²) in [6.07, 6.45) is 0. The number of carboxylic acids is 1. The van der Waals surface area contributed by atoms with Gasteiger partial charge in [0.15, 0.2) is 0 Å². The summed E-state index contributed by atoms with van der Waals surface area (Å²) in [6.45, 7) is 0.947. The lowest BCUT2D eigenvalue weighted by molar-refractivity contribution is -0.138. The first kappa shape index (κ1) is 11.2. The van der Waals surface area contributed by atoms with Gasteiger partial charge in [0, 0.05) is 0 Å². The largest absolute Gasteiger partial charge is 0.480 e. The summed E-state index contributed by atoms with van der Waals surface area (Å²) < 4.78 is 45.1. The van der Waals surface area contributed by atoms with Crippen molar-refractivity contribution in [3.05, 3.63) is 0 Å². The zero-order valence-electron chi connectivity index (χ0n) is 5.99. The molecule has 0 amide bonds. The van der Waals surface area contributed by atoms with Gasteiger partial charge in [-0.1, -0.05) is 0 Å². The normalized spacial score (nSPS) is 14.7. The molecule has 0 heterocycles. The summed E-state index contributed by atoms with van der Waals surface area (Å²) in [5.74, 6) is -5.13. The second-order valence-electron chi connectivity index (χ2n) is 1.98. The molecule has 0 saturated heterocycles. The molecule has 0 aliphatic heterocycles. The van der Waals surface area contributed by atoms with Crippen LogP contribution < -0.4 is 4.72 Å². The van der Waals surface area contributed by atoms with E-state index in [0.717, 1.165) is 6.92 Å². The molecule has 5 nitrogen and oxygen atoms in total. The lowest BCUT2D eigenvalue weighted by Gasteiger charge is -2.08. The molecule has 2 N–H and O–H groups in total. The van der Waals surface area contributed by atoms with E-state index in [2.05, 4.69) is 0 Å². The molecule has 1 unspecified atom stereocenters. The van der Waals surface area contributed by atoms with Crippen molar-refractivity contribution in [1.82, 2.24) is 4.72 Å². The van der Waals surface area contributed by atoms with Gasteiger partial charge in [-0.05, 0) is 6.92 Å². The van der Waals surface area contributed by atoms with Crippen LogP contribution in [0.4, 0.5) is 8.78 Å². The van der Waals surface area contributed by atoms with E-state index in [4.69, 9.17) is 5.11 Å². The molecule has 0 spiro atoms. The Balaban J connectivity index is 4.37. The summed E-state index contributed by atoms with van der Waals surface area (Å²) >= 11 is 0. The molecular weight excluding hydrogens is 196 g/mol. The van der Waals surface area contributed by atoms with Gasteiger partial charge < -0.3 is 5.11 Å². The Kier molecular flexibility index (Phi) is 3.53. The molecule has 0 aromatic carbocycles. The fraction of sp³-hybridized carbons (Fsp3) is 0.750. The minimum atomic E-state index is -4.81. The molecule has 72 valence electrons. The molecule has 8 heteroatoms. The lowest BCUT2D eigenvalue weighted by atomic mass is 10.4. The van der Waals surface area contributed by atoms with E-state index >= 15 is 0 Å². The number of rotatable bonds is 4. The summed E-state index contributed by atoms with van der Waals surface area (Å²) in [5.41, 5.74) is 0. The van der Waals surface area contributed by atoms with Gasteiger partial charge in [-0.25, -0.2) is 8.42 Å². The van der Waals surface area contributed by atoms with E-state index in [-0.39, 0.29) is 0 Å².